The maximum absolute atomic E-state index is 11.9. The van der Waals surface area contributed by atoms with Crippen LogP contribution in [0, 0.1) is 41.4 Å². The van der Waals surface area contributed by atoms with Gasteiger partial charge >= 0.3 is 5.97 Å². The SMILES string of the molecule is CCCCCC1CCC([C@@H]2CC(C)CC[C@H]2C(C)C)CC1C(=O)O. The Kier molecular flexibility index (Phi) is 7.62. The fourth-order valence-corrected chi connectivity index (χ4v) is 5.78. The summed E-state index contributed by atoms with van der Waals surface area (Å²) in [6, 6.07) is 0. The van der Waals surface area contributed by atoms with Crippen LogP contribution in [0.2, 0.25) is 0 Å². The number of rotatable bonds is 7. The molecule has 0 heterocycles. The molecule has 0 aromatic carbocycles. The highest BCUT2D eigenvalue weighted by molar-refractivity contribution is 5.70. The van der Waals surface area contributed by atoms with Gasteiger partial charge in [-0.1, -0.05) is 53.4 Å². The Balaban J connectivity index is 2.02. The van der Waals surface area contributed by atoms with Crippen molar-refractivity contribution in [2.24, 2.45) is 41.4 Å². The van der Waals surface area contributed by atoms with Crippen LogP contribution in [0.1, 0.15) is 91.9 Å². The van der Waals surface area contributed by atoms with E-state index in [1.165, 1.54) is 44.9 Å². The Labute approximate surface area is 149 Å². The monoisotopic (exact) mass is 336 g/mol. The molecule has 2 fully saturated rings. The molecule has 0 radical (unpaired) electrons. The van der Waals surface area contributed by atoms with Gasteiger partial charge in [0.25, 0.3) is 0 Å². The Morgan fingerprint density at radius 1 is 1.08 bits per heavy atom. The van der Waals surface area contributed by atoms with E-state index in [2.05, 4.69) is 27.7 Å². The minimum absolute atomic E-state index is 0.0781. The molecule has 4 unspecified atom stereocenters. The third-order valence-corrected chi connectivity index (χ3v) is 7.21. The summed E-state index contributed by atoms with van der Waals surface area (Å²) >= 11 is 0. The van der Waals surface area contributed by atoms with E-state index in [4.69, 9.17) is 0 Å². The zero-order valence-corrected chi connectivity index (χ0v) is 16.5. The Bertz CT molecular complexity index is 389. The number of carboxylic acids is 1. The normalized spacial score (nSPS) is 37.5. The summed E-state index contributed by atoms with van der Waals surface area (Å²) in [5, 5.41) is 9.81. The standard InChI is InChI=1S/C22H40O2/c1-5-6-7-8-17-10-11-18(14-21(17)22(23)24)20-13-16(4)9-12-19(20)15(2)3/h15-21H,5-14H2,1-4H3,(H,23,24)/t16?,17?,18?,19-,20-,21?/m0/s1. The molecular formula is C22H40O2. The molecule has 24 heavy (non-hydrogen) atoms. The van der Waals surface area contributed by atoms with E-state index in [-0.39, 0.29) is 5.92 Å². The molecule has 0 aromatic heterocycles. The van der Waals surface area contributed by atoms with Gasteiger partial charge in [0.05, 0.1) is 5.92 Å². The van der Waals surface area contributed by atoms with Crippen molar-refractivity contribution in [2.75, 3.05) is 0 Å². The summed E-state index contributed by atoms with van der Waals surface area (Å²) in [5.41, 5.74) is 0. The van der Waals surface area contributed by atoms with Gasteiger partial charge in [0.2, 0.25) is 0 Å². The molecule has 0 spiro atoms. The summed E-state index contributed by atoms with van der Waals surface area (Å²) in [4.78, 5) is 11.9. The van der Waals surface area contributed by atoms with E-state index in [9.17, 15) is 9.90 Å². The fourth-order valence-electron chi connectivity index (χ4n) is 5.78. The molecule has 0 aromatic rings. The third-order valence-electron chi connectivity index (χ3n) is 7.21. The number of hydrogen-bond acceptors (Lipinski definition) is 1. The average Bonchev–Trinajstić information content (AvgIpc) is 2.54. The van der Waals surface area contributed by atoms with Gasteiger partial charge < -0.3 is 5.11 Å². The van der Waals surface area contributed by atoms with E-state index in [0.717, 1.165) is 42.9 Å². The quantitative estimate of drug-likeness (QED) is 0.547. The van der Waals surface area contributed by atoms with Crippen LogP contribution in [0.15, 0.2) is 0 Å². The summed E-state index contributed by atoms with van der Waals surface area (Å²) in [6.07, 6.45) is 12.3. The number of carboxylic acid groups (broad SMARTS) is 1. The van der Waals surface area contributed by atoms with Crippen molar-refractivity contribution in [3.8, 4) is 0 Å². The van der Waals surface area contributed by atoms with Crippen LogP contribution >= 0.6 is 0 Å². The van der Waals surface area contributed by atoms with Crippen molar-refractivity contribution in [3.05, 3.63) is 0 Å². The second kappa shape index (κ2) is 9.25. The van der Waals surface area contributed by atoms with E-state index >= 15 is 0 Å². The minimum atomic E-state index is -0.522. The van der Waals surface area contributed by atoms with Crippen molar-refractivity contribution < 1.29 is 9.90 Å². The Morgan fingerprint density at radius 3 is 2.46 bits per heavy atom. The Hall–Kier alpha value is -0.530. The van der Waals surface area contributed by atoms with Gasteiger partial charge in [0.1, 0.15) is 0 Å². The predicted molar refractivity (Wildman–Crippen MR) is 101 cm³/mol. The summed E-state index contributed by atoms with van der Waals surface area (Å²) < 4.78 is 0. The van der Waals surface area contributed by atoms with Gasteiger partial charge in [-0.3, -0.25) is 4.79 Å². The average molecular weight is 337 g/mol. The lowest BCUT2D eigenvalue weighted by atomic mass is 9.60. The van der Waals surface area contributed by atoms with Crippen molar-refractivity contribution in [1.29, 1.82) is 0 Å². The van der Waals surface area contributed by atoms with Gasteiger partial charge in [-0.2, -0.15) is 0 Å². The highest BCUT2D eigenvalue weighted by Crippen LogP contribution is 2.48. The topological polar surface area (TPSA) is 37.3 Å². The number of aliphatic carboxylic acids is 1. The number of hydrogen-bond donors (Lipinski definition) is 1. The van der Waals surface area contributed by atoms with E-state index < -0.39 is 5.97 Å². The minimum Gasteiger partial charge on any atom is -0.481 e. The van der Waals surface area contributed by atoms with Crippen LogP contribution in [-0.4, -0.2) is 11.1 Å². The molecule has 2 heteroatoms. The molecule has 1 N–H and O–H groups in total. The lowest BCUT2D eigenvalue weighted by molar-refractivity contribution is -0.146. The first kappa shape index (κ1) is 19.8. The lowest BCUT2D eigenvalue weighted by Gasteiger charge is -2.45. The van der Waals surface area contributed by atoms with Gasteiger partial charge in [-0.15, -0.1) is 0 Å². The molecule has 0 saturated heterocycles. The maximum Gasteiger partial charge on any atom is 0.306 e. The Morgan fingerprint density at radius 2 is 1.83 bits per heavy atom. The molecule has 2 aliphatic carbocycles. The van der Waals surface area contributed by atoms with Gasteiger partial charge in [-0.25, -0.2) is 0 Å². The fraction of sp³-hybridized carbons (Fsp3) is 0.955. The smallest absolute Gasteiger partial charge is 0.306 e. The lowest BCUT2D eigenvalue weighted by Crippen LogP contribution is -2.39. The van der Waals surface area contributed by atoms with Crippen LogP contribution in [0.4, 0.5) is 0 Å². The second-order valence-corrected chi connectivity index (χ2v) is 9.26. The zero-order valence-electron chi connectivity index (χ0n) is 16.5. The molecular weight excluding hydrogens is 296 g/mol. The van der Waals surface area contributed by atoms with Crippen LogP contribution in [0.5, 0.6) is 0 Å². The second-order valence-electron chi connectivity index (χ2n) is 9.26. The molecule has 0 aliphatic heterocycles. The molecule has 140 valence electrons. The van der Waals surface area contributed by atoms with E-state index in [1.54, 1.807) is 0 Å². The van der Waals surface area contributed by atoms with E-state index in [0.29, 0.717) is 11.8 Å². The summed E-state index contributed by atoms with van der Waals surface area (Å²) in [7, 11) is 0. The maximum atomic E-state index is 11.9. The molecule has 2 saturated carbocycles. The molecule has 2 nitrogen and oxygen atoms in total. The summed E-state index contributed by atoms with van der Waals surface area (Å²) in [6.45, 7) is 9.37. The van der Waals surface area contributed by atoms with Gasteiger partial charge in [0.15, 0.2) is 0 Å². The highest BCUT2D eigenvalue weighted by atomic mass is 16.4. The van der Waals surface area contributed by atoms with Crippen LogP contribution < -0.4 is 0 Å². The predicted octanol–water partition coefficient (Wildman–Crippen LogP) is 6.39. The van der Waals surface area contributed by atoms with Crippen LogP contribution in [0.3, 0.4) is 0 Å². The number of unbranched alkanes of at least 4 members (excludes halogenated alkanes) is 2. The van der Waals surface area contributed by atoms with Crippen molar-refractivity contribution in [2.45, 2.75) is 91.9 Å². The van der Waals surface area contributed by atoms with Crippen molar-refractivity contribution in [3.63, 3.8) is 0 Å². The number of carbonyl (C=O) groups is 1. The third kappa shape index (κ3) is 4.99. The van der Waals surface area contributed by atoms with Gasteiger partial charge in [0, 0.05) is 0 Å². The first-order valence-electron chi connectivity index (χ1n) is 10.7. The van der Waals surface area contributed by atoms with Crippen LogP contribution in [-0.2, 0) is 4.79 Å². The molecule has 0 amide bonds. The molecule has 2 rings (SSSR count). The summed E-state index contributed by atoms with van der Waals surface area (Å²) in [5.74, 6) is 3.65. The van der Waals surface area contributed by atoms with Crippen LogP contribution in [0.25, 0.3) is 0 Å². The van der Waals surface area contributed by atoms with Crippen molar-refractivity contribution in [1.82, 2.24) is 0 Å². The van der Waals surface area contributed by atoms with Gasteiger partial charge in [-0.05, 0) is 74.0 Å². The first-order valence-corrected chi connectivity index (χ1v) is 10.7. The largest absolute Gasteiger partial charge is 0.481 e. The van der Waals surface area contributed by atoms with Crippen molar-refractivity contribution >= 4 is 5.97 Å². The molecule has 6 atom stereocenters. The molecule has 2 aliphatic rings. The highest BCUT2D eigenvalue weighted by Gasteiger charge is 2.42. The molecule has 0 bridgehead atoms. The first-order chi connectivity index (χ1) is 11.4. The van der Waals surface area contributed by atoms with E-state index in [1.807, 2.05) is 0 Å². The zero-order chi connectivity index (χ0) is 17.7.